The number of aliphatic hydroxyl groups excluding tert-OH is 1. The van der Waals surface area contributed by atoms with Crippen LogP contribution in [0.2, 0.25) is 0 Å². The van der Waals surface area contributed by atoms with Gasteiger partial charge in [0.2, 0.25) is 5.91 Å². The first-order chi connectivity index (χ1) is 10.6. The Morgan fingerprint density at radius 3 is 2.86 bits per heavy atom. The Labute approximate surface area is 129 Å². The lowest BCUT2D eigenvalue weighted by molar-refractivity contribution is -0.122. The van der Waals surface area contributed by atoms with E-state index in [1.807, 2.05) is 32.0 Å². The van der Waals surface area contributed by atoms with E-state index in [0.717, 1.165) is 11.3 Å². The molecule has 1 aromatic heterocycles. The van der Waals surface area contributed by atoms with Gasteiger partial charge in [0.25, 0.3) is 0 Å². The second kappa shape index (κ2) is 7.66. The number of amides is 1. The summed E-state index contributed by atoms with van der Waals surface area (Å²) in [5.74, 6) is 1.05. The van der Waals surface area contributed by atoms with E-state index in [4.69, 9.17) is 9.15 Å². The summed E-state index contributed by atoms with van der Waals surface area (Å²) in [7, 11) is 0. The van der Waals surface area contributed by atoms with Gasteiger partial charge in [-0.15, -0.1) is 0 Å². The average molecular weight is 303 g/mol. The van der Waals surface area contributed by atoms with Gasteiger partial charge in [-0.1, -0.05) is 17.7 Å². The fourth-order valence-corrected chi connectivity index (χ4v) is 2.10. The minimum atomic E-state index is -0.834. The van der Waals surface area contributed by atoms with E-state index in [-0.39, 0.29) is 18.9 Å². The Morgan fingerprint density at radius 2 is 2.18 bits per heavy atom. The van der Waals surface area contributed by atoms with Gasteiger partial charge >= 0.3 is 0 Å². The van der Waals surface area contributed by atoms with Crippen molar-refractivity contribution in [3.8, 4) is 5.75 Å². The van der Waals surface area contributed by atoms with Crippen molar-refractivity contribution >= 4 is 5.91 Å². The van der Waals surface area contributed by atoms with Gasteiger partial charge in [-0.25, -0.2) is 0 Å². The summed E-state index contributed by atoms with van der Waals surface area (Å²) in [6, 6.07) is 9.28. The molecule has 118 valence electrons. The molecule has 0 saturated heterocycles. The third-order valence-corrected chi connectivity index (χ3v) is 3.28. The minimum absolute atomic E-state index is 0.121. The molecule has 1 atom stereocenters. The van der Waals surface area contributed by atoms with E-state index in [9.17, 15) is 9.90 Å². The second-order valence-corrected chi connectivity index (χ2v) is 5.20. The van der Waals surface area contributed by atoms with Crippen LogP contribution in [0.1, 0.15) is 29.4 Å². The summed E-state index contributed by atoms with van der Waals surface area (Å²) in [6.07, 6.45) is 0.885. The number of aliphatic hydroxyl groups is 1. The molecule has 0 saturated carbocycles. The van der Waals surface area contributed by atoms with Crippen LogP contribution >= 0.6 is 0 Å². The average Bonchev–Trinajstić information content (AvgIpc) is 3.01. The van der Waals surface area contributed by atoms with E-state index < -0.39 is 6.10 Å². The largest absolute Gasteiger partial charge is 0.493 e. The Hall–Kier alpha value is -2.27. The minimum Gasteiger partial charge on any atom is -0.493 e. The van der Waals surface area contributed by atoms with Crippen LogP contribution in [-0.4, -0.2) is 24.2 Å². The Bertz CT molecular complexity index is 607. The number of hydrogen-bond acceptors (Lipinski definition) is 4. The van der Waals surface area contributed by atoms with Crippen molar-refractivity contribution in [2.45, 2.75) is 26.4 Å². The van der Waals surface area contributed by atoms with Crippen LogP contribution in [0.25, 0.3) is 0 Å². The molecule has 2 rings (SSSR count). The molecule has 0 bridgehead atoms. The van der Waals surface area contributed by atoms with Gasteiger partial charge in [-0.05, 0) is 37.6 Å². The molecular formula is C17H21NO4. The Morgan fingerprint density at radius 1 is 1.36 bits per heavy atom. The van der Waals surface area contributed by atoms with E-state index >= 15 is 0 Å². The zero-order valence-electron chi connectivity index (χ0n) is 12.8. The molecule has 5 heteroatoms. The monoisotopic (exact) mass is 303 g/mol. The van der Waals surface area contributed by atoms with Crippen molar-refractivity contribution in [2.24, 2.45) is 0 Å². The van der Waals surface area contributed by atoms with Gasteiger partial charge in [0, 0.05) is 0 Å². The van der Waals surface area contributed by atoms with E-state index in [0.29, 0.717) is 12.4 Å². The van der Waals surface area contributed by atoms with Crippen molar-refractivity contribution in [1.29, 1.82) is 0 Å². The number of ether oxygens (including phenoxy) is 1. The number of rotatable bonds is 7. The van der Waals surface area contributed by atoms with Crippen molar-refractivity contribution in [3.63, 3.8) is 0 Å². The first-order valence-corrected chi connectivity index (χ1v) is 7.24. The molecule has 0 aliphatic rings. The highest BCUT2D eigenvalue weighted by molar-refractivity contribution is 5.76. The number of hydrogen-bond donors (Lipinski definition) is 2. The molecule has 1 aromatic carbocycles. The fraction of sp³-hybridized carbons (Fsp3) is 0.353. The summed E-state index contributed by atoms with van der Waals surface area (Å²) < 4.78 is 10.7. The van der Waals surface area contributed by atoms with Gasteiger partial charge in [0.15, 0.2) is 0 Å². The van der Waals surface area contributed by atoms with Crippen molar-refractivity contribution in [1.82, 2.24) is 5.32 Å². The standard InChI is InChI=1S/C17H21NO4/c1-12-5-6-15(13(2)10-12)22-9-7-17(20)18-11-14(19)16-4-3-8-21-16/h3-6,8,10,14,19H,7,9,11H2,1-2H3,(H,18,20). The lowest BCUT2D eigenvalue weighted by Gasteiger charge is -2.11. The highest BCUT2D eigenvalue weighted by Gasteiger charge is 2.11. The number of furan rings is 1. The van der Waals surface area contributed by atoms with Crippen molar-refractivity contribution < 1.29 is 19.1 Å². The van der Waals surface area contributed by atoms with Crippen molar-refractivity contribution in [3.05, 3.63) is 53.5 Å². The quantitative estimate of drug-likeness (QED) is 0.824. The molecule has 0 fully saturated rings. The van der Waals surface area contributed by atoms with Crippen LogP contribution < -0.4 is 10.1 Å². The highest BCUT2D eigenvalue weighted by atomic mass is 16.5. The van der Waals surface area contributed by atoms with Crippen LogP contribution in [-0.2, 0) is 4.79 Å². The molecule has 22 heavy (non-hydrogen) atoms. The smallest absolute Gasteiger partial charge is 0.223 e. The second-order valence-electron chi connectivity index (χ2n) is 5.20. The van der Waals surface area contributed by atoms with Crippen LogP contribution in [0.4, 0.5) is 0 Å². The first kappa shape index (κ1) is 16.1. The number of aryl methyl sites for hydroxylation is 2. The van der Waals surface area contributed by atoms with Gasteiger partial charge < -0.3 is 19.6 Å². The maximum atomic E-state index is 11.7. The van der Waals surface area contributed by atoms with Gasteiger partial charge in [0.05, 0.1) is 25.8 Å². The summed E-state index contributed by atoms with van der Waals surface area (Å²) in [6.45, 7) is 4.42. The van der Waals surface area contributed by atoms with Gasteiger partial charge in [0.1, 0.15) is 17.6 Å². The Kier molecular flexibility index (Phi) is 5.61. The zero-order chi connectivity index (χ0) is 15.9. The molecule has 0 radical (unpaired) electrons. The van der Waals surface area contributed by atoms with Gasteiger partial charge in [-0.2, -0.15) is 0 Å². The molecule has 0 aliphatic carbocycles. The molecule has 0 aliphatic heterocycles. The summed E-state index contributed by atoms with van der Waals surface area (Å²) >= 11 is 0. The SMILES string of the molecule is Cc1ccc(OCCC(=O)NCC(O)c2ccco2)c(C)c1. The maximum absolute atomic E-state index is 11.7. The normalized spacial score (nSPS) is 12.0. The van der Waals surface area contributed by atoms with Crippen LogP contribution in [0.5, 0.6) is 5.75 Å². The number of carbonyl (C=O) groups excluding carboxylic acids is 1. The predicted octanol–water partition coefficient (Wildman–Crippen LogP) is 2.52. The summed E-state index contributed by atoms with van der Waals surface area (Å²) in [4.78, 5) is 11.7. The molecule has 5 nitrogen and oxygen atoms in total. The van der Waals surface area contributed by atoms with Crippen LogP contribution in [0.3, 0.4) is 0 Å². The lowest BCUT2D eigenvalue weighted by atomic mass is 10.1. The van der Waals surface area contributed by atoms with Gasteiger partial charge in [-0.3, -0.25) is 4.79 Å². The zero-order valence-corrected chi connectivity index (χ0v) is 12.8. The molecule has 1 heterocycles. The maximum Gasteiger partial charge on any atom is 0.223 e. The summed E-state index contributed by atoms with van der Waals surface area (Å²) in [5.41, 5.74) is 2.23. The number of carbonyl (C=O) groups is 1. The molecule has 1 unspecified atom stereocenters. The number of nitrogens with one attached hydrogen (secondary N) is 1. The molecule has 2 aromatic rings. The molecule has 1 amide bonds. The lowest BCUT2D eigenvalue weighted by Crippen LogP contribution is -2.29. The first-order valence-electron chi connectivity index (χ1n) is 7.24. The van der Waals surface area contributed by atoms with Crippen LogP contribution in [0, 0.1) is 13.8 Å². The van der Waals surface area contributed by atoms with E-state index in [1.54, 1.807) is 12.1 Å². The molecule has 0 spiro atoms. The topological polar surface area (TPSA) is 71.7 Å². The number of benzene rings is 1. The van der Waals surface area contributed by atoms with Crippen LogP contribution in [0.15, 0.2) is 41.0 Å². The Balaban J connectivity index is 1.69. The predicted molar refractivity (Wildman–Crippen MR) is 82.7 cm³/mol. The highest BCUT2D eigenvalue weighted by Crippen LogP contribution is 2.18. The summed E-state index contributed by atoms with van der Waals surface area (Å²) in [5, 5.41) is 12.4. The third kappa shape index (κ3) is 4.63. The fourth-order valence-electron chi connectivity index (χ4n) is 2.10. The van der Waals surface area contributed by atoms with E-state index in [1.165, 1.54) is 11.8 Å². The van der Waals surface area contributed by atoms with Crippen molar-refractivity contribution in [2.75, 3.05) is 13.2 Å². The van der Waals surface area contributed by atoms with E-state index in [2.05, 4.69) is 5.32 Å². The third-order valence-electron chi connectivity index (χ3n) is 3.28. The molecule has 2 N–H and O–H groups in total. The molecular weight excluding hydrogens is 282 g/mol.